The molecular formula is C21H23N3O2S. The van der Waals surface area contributed by atoms with Crippen molar-refractivity contribution in [1.29, 1.82) is 5.26 Å². The first-order valence-corrected chi connectivity index (χ1v) is 11.0. The second kappa shape index (κ2) is 7.08. The summed E-state index contributed by atoms with van der Waals surface area (Å²) in [4.78, 5) is 2.36. The van der Waals surface area contributed by atoms with Crippen LogP contribution in [-0.2, 0) is 16.6 Å². The fourth-order valence-corrected chi connectivity index (χ4v) is 5.79. The van der Waals surface area contributed by atoms with Gasteiger partial charge in [-0.25, -0.2) is 8.42 Å². The predicted molar refractivity (Wildman–Crippen MR) is 104 cm³/mol. The first-order chi connectivity index (χ1) is 13.0. The fourth-order valence-electron chi connectivity index (χ4n) is 4.64. The highest BCUT2D eigenvalue weighted by Crippen LogP contribution is 2.46. The Labute approximate surface area is 160 Å². The van der Waals surface area contributed by atoms with E-state index in [4.69, 9.17) is 0 Å². The van der Waals surface area contributed by atoms with Crippen molar-refractivity contribution in [3.63, 3.8) is 0 Å². The summed E-state index contributed by atoms with van der Waals surface area (Å²) in [6.45, 7) is 3.01. The first kappa shape index (κ1) is 18.2. The molecule has 2 fully saturated rings. The molecule has 2 aliphatic heterocycles. The van der Waals surface area contributed by atoms with Crippen LogP contribution < -0.4 is 0 Å². The van der Waals surface area contributed by atoms with E-state index in [1.165, 1.54) is 6.26 Å². The van der Waals surface area contributed by atoms with Crippen molar-refractivity contribution in [1.82, 2.24) is 9.21 Å². The van der Waals surface area contributed by atoms with E-state index in [-0.39, 0.29) is 12.0 Å². The van der Waals surface area contributed by atoms with Crippen LogP contribution in [0.5, 0.6) is 0 Å². The van der Waals surface area contributed by atoms with E-state index >= 15 is 0 Å². The monoisotopic (exact) mass is 381 g/mol. The molecule has 0 unspecified atom stereocenters. The van der Waals surface area contributed by atoms with E-state index in [0.29, 0.717) is 18.0 Å². The zero-order valence-electron chi connectivity index (χ0n) is 15.3. The van der Waals surface area contributed by atoms with Gasteiger partial charge in [0, 0.05) is 26.2 Å². The summed E-state index contributed by atoms with van der Waals surface area (Å²) in [5.74, 6) is 0.593. The molecule has 0 aromatic heterocycles. The third-order valence-corrected chi connectivity index (χ3v) is 7.02. The van der Waals surface area contributed by atoms with E-state index < -0.39 is 10.0 Å². The average Bonchev–Trinajstić information content (AvgIpc) is 3.20. The van der Waals surface area contributed by atoms with Crippen LogP contribution in [0, 0.1) is 23.2 Å². The molecule has 0 aliphatic carbocycles. The predicted octanol–water partition coefficient (Wildman–Crippen LogP) is 2.62. The highest BCUT2D eigenvalue weighted by molar-refractivity contribution is 7.88. The van der Waals surface area contributed by atoms with Gasteiger partial charge < -0.3 is 0 Å². The Morgan fingerprint density at radius 1 is 1.04 bits per heavy atom. The van der Waals surface area contributed by atoms with Gasteiger partial charge in [0.2, 0.25) is 10.0 Å². The van der Waals surface area contributed by atoms with Crippen molar-refractivity contribution in [2.75, 3.05) is 25.9 Å². The summed E-state index contributed by atoms with van der Waals surface area (Å²) in [6, 6.07) is 19.8. The van der Waals surface area contributed by atoms with Gasteiger partial charge in [-0.1, -0.05) is 48.5 Å². The summed E-state index contributed by atoms with van der Waals surface area (Å²) in [7, 11) is -3.26. The molecule has 2 saturated heterocycles. The molecule has 2 heterocycles. The topological polar surface area (TPSA) is 64.4 Å². The molecule has 2 aliphatic rings. The molecule has 0 saturated carbocycles. The third-order valence-electron chi connectivity index (χ3n) is 5.80. The van der Waals surface area contributed by atoms with Gasteiger partial charge in [0.15, 0.2) is 0 Å². The Balaban J connectivity index is 1.59. The molecule has 0 N–H and O–H groups in total. The fraction of sp³-hybridized carbons (Fsp3) is 0.381. The Morgan fingerprint density at radius 3 is 2.44 bits per heavy atom. The van der Waals surface area contributed by atoms with E-state index in [0.717, 1.165) is 30.8 Å². The zero-order chi connectivity index (χ0) is 19.0. The van der Waals surface area contributed by atoms with Gasteiger partial charge in [-0.3, -0.25) is 4.90 Å². The smallest absolute Gasteiger partial charge is 0.211 e. The number of rotatable bonds is 4. The normalized spacial score (nSPS) is 26.0. The average molecular weight is 382 g/mol. The molecule has 6 heteroatoms. The van der Waals surface area contributed by atoms with Crippen molar-refractivity contribution in [2.45, 2.75) is 12.6 Å². The van der Waals surface area contributed by atoms with Crippen LogP contribution in [0.15, 0.2) is 54.6 Å². The summed E-state index contributed by atoms with van der Waals surface area (Å²) < 4.78 is 26.4. The Hall–Kier alpha value is -2.20. The molecule has 0 bridgehead atoms. The minimum atomic E-state index is -3.26. The van der Waals surface area contributed by atoms with Crippen LogP contribution in [0.1, 0.15) is 22.7 Å². The molecule has 140 valence electrons. The van der Waals surface area contributed by atoms with E-state index in [1.54, 1.807) is 4.31 Å². The summed E-state index contributed by atoms with van der Waals surface area (Å²) in [5, 5.41) is 9.33. The lowest BCUT2D eigenvalue weighted by atomic mass is 9.90. The number of fused-ring (bicyclic) bond motifs is 1. The van der Waals surface area contributed by atoms with Crippen molar-refractivity contribution in [2.24, 2.45) is 11.8 Å². The summed E-state index contributed by atoms with van der Waals surface area (Å²) in [5.41, 5.74) is 2.82. The highest BCUT2D eigenvalue weighted by atomic mass is 32.2. The Morgan fingerprint density at radius 2 is 1.74 bits per heavy atom. The standard InChI is InChI=1S/C21H23N3O2S/c1-27(25,26)24-14-19-13-23(12-18-10-6-5-9-17(18)11-22)15-20(19)21(24)16-7-3-2-4-8-16/h2-10,19-21H,12-15H2,1H3/t19-,20-,21+/m1/s1. The molecule has 3 atom stereocenters. The van der Waals surface area contributed by atoms with E-state index in [1.807, 2.05) is 54.6 Å². The number of nitrogens with zero attached hydrogens (tertiary/aromatic N) is 3. The lowest BCUT2D eigenvalue weighted by Gasteiger charge is -2.28. The van der Waals surface area contributed by atoms with Gasteiger partial charge >= 0.3 is 0 Å². The molecule has 0 spiro atoms. The van der Waals surface area contributed by atoms with Gasteiger partial charge in [0.1, 0.15) is 0 Å². The quantitative estimate of drug-likeness (QED) is 0.817. The van der Waals surface area contributed by atoms with Crippen molar-refractivity contribution in [3.05, 3.63) is 71.3 Å². The Kier molecular flexibility index (Phi) is 4.77. The minimum Gasteiger partial charge on any atom is -0.298 e. The van der Waals surface area contributed by atoms with Crippen molar-refractivity contribution in [3.8, 4) is 6.07 Å². The first-order valence-electron chi connectivity index (χ1n) is 9.19. The number of benzene rings is 2. The molecule has 0 radical (unpaired) electrons. The van der Waals surface area contributed by atoms with Gasteiger partial charge in [0.25, 0.3) is 0 Å². The number of hydrogen-bond acceptors (Lipinski definition) is 4. The lowest BCUT2D eigenvalue weighted by molar-refractivity contribution is 0.261. The second-order valence-electron chi connectivity index (χ2n) is 7.58. The molecular weight excluding hydrogens is 358 g/mol. The summed E-state index contributed by atoms with van der Waals surface area (Å²) in [6.07, 6.45) is 1.31. The molecule has 0 amide bonds. The molecule has 2 aromatic carbocycles. The second-order valence-corrected chi connectivity index (χ2v) is 9.51. The highest BCUT2D eigenvalue weighted by Gasteiger charge is 2.50. The van der Waals surface area contributed by atoms with Crippen LogP contribution in [0.4, 0.5) is 0 Å². The molecule has 4 rings (SSSR count). The van der Waals surface area contributed by atoms with E-state index in [2.05, 4.69) is 11.0 Å². The SMILES string of the molecule is CS(=O)(=O)N1C[C@H]2CN(Cc3ccccc3C#N)C[C@H]2[C@@H]1c1ccccc1. The number of hydrogen-bond donors (Lipinski definition) is 0. The maximum absolute atomic E-state index is 12.4. The molecule has 5 nitrogen and oxygen atoms in total. The van der Waals surface area contributed by atoms with E-state index in [9.17, 15) is 13.7 Å². The van der Waals surface area contributed by atoms with Gasteiger partial charge in [-0.05, 0) is 29.0 Å². The van der Waals surface area contributed by atoms with Gasteiger partial charge in [-0.2, -0.15) is 9.57 Å². The largest absolute Gasteiger partial charge is 0.298 e. The van der Waals surface area contributed by atoms with Crippen LogP contribution in [0.3, 0.4) is 0 Å². The van der Waals surface area contributed by atoms with Crippen LogP contribution in [0.25, 0.3) is 0 Å². The maximum atomic E-state index is 12.4. The number of sulfonamides is 1. The minimum absolute atomic E-state index is 0.109. The van der Waals surface area contributed by atoms with Gasteiger partial charge in [0.05, 0.1) is 23.9 Å². The Bertz CT molecular complexity index is 968. The summed E-state index contributed by atoms with van der Waals surface area (Å²) >= 11 is 0. The maximum Gasteiger partial charge on any atom is 0.211 e. The molecule has 2 aromatic rings. The van der Waals surface area contributed by atoms with Crippen LogP contribution >= 0.6 is 0 Å². The van der Waals surface area contributed by atoms with Gasteiger partial charge in [-0.15, -0.1) is 0 Å². The zero-order valence-corrected chi connectivity index (χ0v) is 16.1. The molecule has 27 heavy (non-hydrogen) atoms. The van der Waals surface area contributed by atoms with Crippen LogP contribution in [-0.4, -0.2) is 43.5 Å². The lowest BCUT2D eigenvalue weighted by Crippen LogP contribution is -2.35. The van der Waals surface area contributed by atoms with Crippen molar-refractivity contribution < 1.29 is 8.42 Å². The third kappa shape index (κ3) is 3.51. The van der Waals surface area contributed by atoms with Crippen molar-refractivity contribution >= 4 is 10.0 Å². The van der Waals surface area contributed by atoms with Crippen LogP contribution in [0.2, 0.25) is 0 Å². The number of likely N-dealkylation sites (tertiary alicyclic amines) is 1. The number of nitriles is 1.